The lowest BCUT2D eigenvalue weighted by molar-refractivity contribution is 0.149. The van der Waals surface area contributed by atoms with Crippen molar-refractivity contribution >= 4 is 6.03 Å². The normalized spacial score (nSPS) is 10.3. The number of urea groups is 1. The van der Waals surface area contributed by atoms with Crippen LogP contribution in [0.1, 0.15) is 24.5 Å². The molecule has 0 saturated heterocycles. The largest absolute Gasteiger partial charge is 0.383 e. The smallest absolute Gasteiger partial charge is 0.317 e. The van der Waals surface area contributed by atoms with Gasteiger partial charge in [0.2, 0.25) is 0 Å². The van der Waals surface area contributed by atoms with Gasteiger partial charge in [0, 0.05) is 26.7 Å². The highest BCUT2D eigenvalue weighted by atomic mass is 16.5. The molecule has 0 atom stereocenters. The van der Waals surface area contributed by atoms with Crippen LogP contribution in [-0.4, -0.2) is 37.7 Å². The minimum atomic E-state index is -0.0283. The molecular weight excluding hydrogens is 240 g/mol. The van der Waals surface area contributed by atoms with Crippen LogP contribution in [0.3, 0.4) is 0 Å². The highest BCUT2D eigenvalue weighted by Crippen LogP contribution is 2.03. The second kappa shape index (κ2) is 8.53. The zero-order chi connectivity index (χ0) is 14.1. The summed E-state index contributed by atoms with van der Waals surface area (Å²) in [5.41, 5.74) is 2.34. The third kappa shape index (κ3) is 5.75. The molecule has 0 spiro atoms. The molecule has 106 valence electrons. The molecule has 0 fully saturated rings. The third-order valence-electron chi connectivity index (χ3n) is 2.91. The van der Waals surface area contributed by atoms with Crippen molar-refractivity contribution in [1.29, 1.82) is 0 Å². The van der Waals surface area contributed by atoms with Gasteiger partial charge in [-0.25, -0.2) is 4.79 Å². The first-order chi connectivity index (χ1) is 9.17. The molecule has 0 bridgehead atoms. The highest BCUT2D eigenvalue weighted by Gasteiger charge is 2.11. The second-order valence-electron chi connectivity index (χ2n) is 4.62. The van der Waals surface area contributed by atoms with Crippen LogP contribution in [0.2, 0.25) is 0 Å². The Labute approximate surface area is 115 Å². The van der Waals surface area contributed by atoms with Gasteiger partial charge < -0.3 is 15.0 Å². The van der Waals surface area contributed by atoms with E-state index in [2.05, 4.69) is 31.3 Å². The number of benzene rings is 1. The molecule has 0 aromatic heterocycles. The summed E-state index contributed by atoms with van der Waals surface area (Å²) >= 11 is 0. The summed E-state index contributed by atoms with van der Waals surface area (Å²) in [4.78, 5) is 13.8. The van der Waals surface area contributed by atoms with Crippen molar-refractivity contribution in [3.8, 4) is 0 Å². The number of nitrogens with zero attached hydrogens (tertiary/aromatic N) is 1. The molecule has 0 heterocycles. The first-order valence-electron chi connectivity index (χ1n) is 6.74. The molecule has 1 aromatic rings. The van der Waals surface area contributed by atoms with E-state index in [-0.39, 0.29) is 6.03 Å². The Morgan fingerprint density at radius 2 is 1.95 bits per heavy atom. The molecule has 0 radical (unpaired) electrons. The quantitative estimate of drug-likeness (QED) is 0.822. The van der Waals surface area contributed by atoms with Gasteiger partial charge in [0.25, 0.3) is 0 Å². The van der Waals surface area contributed by atoms with Gasteiger partial charge in [-0.2, -0.15) is 0 Å². The van der Waals surface area contributed by atoms with Crippen LogP contribution in [0.4, 0.5) is 4.79 Å². The molecule has 4 heteroatoms. The number of hydrogen-bond acceptors (Lipinski definition) is 2. The van der Waals surface area contributed by atoms with E-state index in [1.165, 1.54) is 5.56 Å². The Bertz CT molecular complexity index is 376. The molecule has 0 aliphatic heterocycles. The van der Waals surface area contributed by atoms with E-state index in [1.54, 1.807) is 12.0 Å². The lowest BCUT2D eigenvalue weighted by Gasteiger charge is -2.22. The number of hydrogen-bond donors (Lipinski definition) is 1. The fourth-order valence-corrected chi connectivity index (χ4v) is 1.78. The monoisotopic (exact) mass is 264 g/mol. The SMILES string of the molecule is CCCN(CCOC)C(=O)NCc1ccc(C)cc1. The Morgan fingerprint density at radius 1 is 1.26 bits per heavy atom. The summed E-state index contributed by atoms with van der Waals surface area (Å²) in [5, 5.41) is 2.94. The van der Waals surface area contributed by atoms with Gasteiger partial charge in [0.1, 0.15) is 0 Å². The van der Waals surface area contributed by atoms with Crippen LogP contribution in [0, 0.1) is 6.92 Å². The Balaban J connectivity index is 2.44. The van der Waals surface area contributed by atoms with E-state index in [9.17, 15) is 4.79 Å². The summed E-state index contributed by atoms with van der Waals surface area (Å²) in [5.74, 6) is 0. The molecule has 19 heavy (non-hydrogen) atoms. The van der Waals surface area contributed by atoms with Crippen LogP contribution >= 0.6 is 0 Å². The van der Waals surface area contributed by atoms with E-state index in [1.807, 2.05) is 12.1 Å². The number of nitrogens with one attached hydrogen (secondary N) is 1. The summed E-state index contributed by atoms with van der Waals surface area (Å²) in [6.45, 7) is 6.63. The Morgan fingerprint density at radius 3 is 2.53 bits per heavy atom. The maximum absolute atomic E-state index is 12.0. The first kappa shape index (κ1) is 15.5. The van der Waals surface area contributed by atoms with Crippen molar-refractivity contribution < 1.29 is 9.53 Å². The van der Waals surface area contributed by atoms with Gasteiger partial charge in [-0.1, -0.05) is 36.8 Å². The van der Waals surface area contributed by atoms with Gasteiger partial charge in [0.15, 0.2) is 0 Å². The van der Waals surface area contributed by atoms with Crippen LogP contribution in [0.15, 0.2) is 24.3 Å². The maximum Gasteiger partial charge on any atom is 0.317 e. The summed E-state index contributed by atoms with van der Waals surface area (Å²) < 4.78 is 5.02. The molecule has 1 aromatic carbocycles. The van der Waals surface area contributed by atoms with Crippen LogP contribution in [0.25, 0.3) is 0 Å². The minimum absolute atomic E-state index is 0.0283. The predicted molar refractivity (Wildman–Crippen MR) is 77.2 cm³/mol. The lowest BCUT2D eigenvalue weighted by Crippen LogP contribution is -2.41. The third-order valence-corrected chi connectivity index (χ3v) is 2.91. The fourth-order valence-electron chi connectivity index (χ4n) is 1.78. The number of amides is 2. The van der Waals surface area contributed by atoms with E-state index in [4.69, 9.17) is 4.74 Å². The van der Waals surface area contributed by atoms with Gasteiger partial charge in [-0.3, -0.25) is 0 Å². The average molecular weight is 264 g/mol. The highest BCUT2D eigenvalue weighted by molar-refractivity contribution is 5.74. The molecule has 0 aliphatic rings. The van der Waals surface area contributed by atoms with Crippen molar-refractivity contribution in [2.24, 2.45) is 0 Å². The Kier molecular flexibility index (Phi) is 6.97. The van der Waals surface area contributed by atoms with Gasteiger partial charge in [-0.05, 0) is 18.9 Å². The molecule has 4 nitrogen and oxygen atoms in total. The number of ether oxygens (including phenoxy) is 1. The van der Waals surface area contributed by atoms with Gasteiger partial charge >= 0.3 is 6.03 Å². The summed E-state index contributed by atoms with van der Waals surface area (Å²) in [6.07, 6.45) is 0.946. The molecule has 0 saturated carbocycles. The number of rotatable bonds is 7. The first-order valence-corrected chi connectivity index (χ1v) is 6.74. The van der Waals surface area contributed by atoms with Crippen molar-refractivity contribution in [3.63, 3.8) is 0 Å². The molecular formula is C15H24N2O2. The van der Waals surface area contributed by atoms with Gasteiger partial charge in [0.05, 0.1) is 6.61 Å². The average Bonchev–Trinajstić information content (AvgIpc) is 2.42. The zero-order valence-corrected chi connectivity index (χ0v) is 12.1. The topological polar surface area (TPSA) is 41.6 Å². The zero-order valence-electron chi connectivity index (χ0n) is 12.1. The number of carbonyl (C=O) groups excluding carboxylic acids is 1. The van der Waals surface area contributed by atoms with Crippen LogP contribution < -0.4 is 5.32 Å². The predicted octanol–water partition coefficient (Wildman–Crippen LogP) is 2.56. The van der Waals surface area contributed by atoms with Crippen molar-refractivity contribution in [3.05, 3.63) is 35.4 Å². The van der Waals surface area contributed by atoms with Crippen molar-refractivity contribution in [1.82, 2.24) is 10.2 Å². The molecule has 1 rings (SSSR count). The van der Waals surface area contributed by atoms with Crippen LogP contribution in [-0.2, 0) is 11.3 Å². The van der Waals surface area contributed by atoms with Crippen molar-refractivity contribution in [2.45, 2.75) is 26.8 Å². The maximum atomic E-state index is 12.0. The standard InChI is InChI=1S/C15H24N2O2/c1-4-9-17(10-11-19-3)15(18)16-12-14-7-5-13(2)6-8-14/h5-8H,4,9-12H2,1-3H3,(H,16,18). The summed E-state index contributed by atoms with van der Waals surface area (Å²) in [7, 11) is 1.65. The van der Waals surface area contributed by atoms with E-state index in [0.717, 1.165) is 18.5 Å². The number of carbonyl (C=O) groups is 1. The number of methoxy groups -OCH3 is 1. The minimum Gasteiger partial charge on any atom is -0.383 e. The van der Waals surface area contributed by atoms with Crippen molar-refractivity contribution in [2.75, 3.05) is 26.8 Å². The van der Waals surface area contributed by atoms with E-state index < -0.39 is 0 Å². The number of aryl methyl sites for hydroxylation is 1. The van der Waals surface area contributed by atoms with Gasteiger partial charge in [-0.15, -0.1) is 0 Å². The van der Waals surface area contributed by atoms with E-state index >= 15 is 0 Å². The molecule has 0 aliphatic carbocycles. The van der Waals surface area contributed by atoms with Crippen LogP contribution in [0.5, 0.6) is 0 Å². The summed E-state index contributed by atoms with van der Waals surface area (Å²) in [6, 6.07) is 8.15. The fraction of sp³-hybridized carbons (Fsp3) is 0.533. The lowest BCUT2D eigenvalue weighted by atomic mass is 10.1. The molecule has 1 N–H and O–H groups in total. The molecule has 2 amide bonds. The Hall–Kier alpha value is -1.55. The van der Waals surface area contributed by atoms with E-state index in [0.29, 0.717) is 19.7 Å². The second-order valence-corrected chi connectivity index (χ2v) is 4.62. The molecule has 0 unspecified atom stereocenters.